The number of hydrogen-bond acceptors (Lipinski definition) is 3. The predicted octanol–water partition coefficient (Wildman–Crippen LogP) is 2.34. The zero-order valence-corrected chi connectivity index (χ0v) is 12.2. The van der Waals surface area contributed by atoms with Gasteiger partial charge in [-0.3, -0.25) is 14.9 Å². The third-order valence-electron chi connectivity index (χ3n) is 4.87. The lowest BCUT2D eigenvalue weighted by Crippen LogP contribution is -2.50. The highest BCUT2D eigenvalue weighted by Gasteiger charge is 2.39. The molecule has 4 nitrogen and oxygen atoms in total. The van der Waals surface area contributed by atoms with Crippen molar-refractivity contribution in [2.75, 3.05) is 0 Å². The second kappa shape index (κ2) is 4.93. The number of nitrogens with zero attached hydrogens (tertiary/aromatic N) is 1. The van der Waals surface area contributed by atoms with E-state index in [-0.39, 0.29) is 23.7 Å². The zero-order chi connectivity index (χ0) is 15.3. The van der Waals surface area contributed by atoms with Crippen molar-refractivity contribution >= 4 is 17.5 Å². The molecule has 22 heavy (non-hydrogen) atoms. The van der Waals surface area contributed by atoms with Gasteiger partial charge in [0.25, 0.3) is 0 Å². The monoisotopic (exact) mass is 300 g/mol. The minimum absolute atomic E-state index is 0.218. The van der Waals surface area contributed by atoms with Gasteiger partial charge >= 0.3 is 0 Å². The Morgan fingerprint density at radius 2 is 2.00 bits per heavy atom. The Bertz CT molecular complexity index is 705. The lowest BCUT2D eigenvalue weighted by Gasteiger charge is -2.35. The van der Waals surface area contributed by atoms with Crippen LogP contribution in [0, 0.1) is 5.82 Å². The summed E-state index contributed by atoms with van der Waals surface area (Å²) in [5.74, 6) is -0.700. The first-order valence-electron chi connectivity index (χ1n) is 7.75. The second-order valence-corrected chi connectivity index (χ2v) is 6.17. The minimum Gasteiger partial charge on any atom is -0.355 e. The smallest absolute Gasteiger partial charge is 0.249 e. The molecule has 2 aliphatic heterocycles. The summed E-state index contributed by atoms with van der Waals surface area (Å²) < 4.78 is 14.1. The van der Waals surface area contributed by atoms with Crippen LogP contribution in [0.5, 0.6) is 0 Å². The van der Waals surface area contributed by atoms with Crippen LogP contribution in [0.2, 0.25) is 0 Å². The molecule has 1 saturated heterocycles. The molecule has 0 aromatic heterocycles. The van der Waals surface area contributed by atoms with E-state index >= 15 is 0 Å². The summed E-state index contributed by atoms with van der Waals surface area (Å²) >= 11 is 0. The molecule has 2 heterocycles. The Balaban J connectivity index is 1.76. The fraction of sp³-hybridized carbons (Fsp3) is 0.412. The third kappa shape index (κ3) is 1.95. The third-order valence-corrected chi connectivity index (χ3v) is 4.87. The fourth-order valence-electron chi connectivity index (χ4n) is 3.57. The van der Waals surface area contributed by atoms with E-state index in [1.54, 1.807) is 6.07 Å². The predicted molar refractivity (Wildman–Crippen MR) is 78.9 cm³/mol. The van der Waals surface area contributed by atoms with E-state index in [9.17, 15) is 14.0 Å². The van der Waals surface area contributed by atoms with Crippen molar-refractivity contribution in [1.82, 2.24) is 10.2 Å². The molecule has 1 saturated carbocycles. The highest BCUT2D eigenvalue weighted by atomic mass is 19.1. The summed E-state index contributed by atoms with van der Waals surface area (Å²) in [4.78, 5) is 25.6. The summed E-state index contributed by atoms with van der Waals surface area (Å²) in [7, 11) is 0. The van der Waals surface area contributed by atoms with Gasteiger partial charge in [-0.1, -0.05) is 12.1 Å². The van der Waals surface area contributed by atoms with E-state index in [0.29, 0.717) is 24.9 Å². The normalized spacial score (nSPS) is 24.2. The maximum Gasteiger partial charge on any atom is 0.249 e. The number of allylic oxidation sites excluding steroid dienone is 1. The fourth-order valence-corrected chi connectivity index (χ4v) is 3.57. The average Bonchev–Trinajstić information content (AvgIpc) is 2.78. The summed E-state index contributed by atoms with van der Waals surface area (Å²) in [6.45, 7) is 0.410. The maximum atomic E-state index is 14.1. The van der Waals surface area contributed by atoms with Gasteiger partial charge in [0.15, 0.2) is 0 Å². The first kappa shape index (κ1) is 13.5. The number of amides is 2. The molecule has 3 aliphatic rings. The topological polar surface area (TPSA) is 49.4 Å². The van der Waals surface area contributed by atoms with E-state index in [1.807, 2.05) is 11.0 Å². The molecule has 2 amide bonds. The number of imide groups is 1. The lowest BCUT2D eigenvalue weighted by molar-refractivity contribution is -0.136. The molecular formula is C17H17FN2O2. The van der Waals surface area contributed by atoms with Gasteiger partial charge in [-0.25, -0.2) is 4.39 Å². The Morgan fingerprint density at radius 3 is 2.68 bits per heavy atom. The standard InChI is InChI=1S/C17H17FN2O2/c18-13-6-2-5-11-12(13)9-20(16(11)10-3-1-4-10)14-7-8-15(21)19-17(14)22/h2,5-6,14H,1,3-4,7-9H2,(H,19,21,22). The number of nitrogens with one attached hydrogen (secondary N) is 1. The van der Waals surface area contributed by atoms with Gasteiger partial charge in [-0.15, -0.1) is 0 Å². The highest BCUT2D eigenvalue weighted by Crippen LogP contribution is 2.44. The van der Waals surface area contributed by atoms with Crippen LogP contribution in [0.4, 0.5) is 4.39 Å². The minimum atomic E-state index is -0.382. The van der Waals surface area contributed by atoms with Crippen molar-refractivity contribution < 1.29 is 14.0 Å². The molecule has 1 aromatic carbocycles. The van der Waals surface area contributed by atoms with Crippen LogP contribution in [0.15, 0.2) is 23.8 Å². The molecule has 0 radical (unpaired) electrons. The molecule has 1 aromatic rings. The van der Waals surface area contributed by atoms with Crippen molar-refractivity contribution in [3.63, 3.8) is 0 Å². The van der Waals surface area contributed by atoms with Crippen LogP contribution in [0.3, 0.4) is 0 Å². The Morgan fingerprint density at radius 1 is 1.18 bits per heavy atom. The molecule has 1 unspecified atom stereocenters. The summed E-state index contributed by atoms with van der Waals surface area (Å²) in [5.41, 5.74) is 3.91. The highest BCUT2D eigenvalue weighted by molar-refractivity contribution is 6.01. The number of fused-ring (bicyclic) bond motifs is 1. The lowest BCUT2D eigenvalue weighted by atomic mass is 9.87. The van der Waals surface area contributed by atoms with Crippen molar-refractivity contribution in [3.8, 4) is 0 Å². The first-order chi connectivity index (χ1) is 10.6. The number of carbonyl (C=O) groups is 2. The van der Waals surface area contributed by atoms with Crippen molar-refractivity contribution in [2.24, 2.45) is 0 Å². The number of rotatable bonds is 1. The SMILES string of the molecule is O=C1CCC(N2Cc3c(F)cccc3C2=C2CCC2)C(=O)N1. The number of hydrogen-bond donors (Lipinski definition) is 1. The van der Waals surface area contributed by atoms with Crippen molar-refractivity contribution in [3.05, 3.63) is 40.7 Å². The van der Waals surface area contributed by atoms with Crippen LogP contribution in [-0.2, 0) is 16.1 Å². The Kier molecular flexibility index (Phi) is 3.03. The molecule has 1 N–H and O–H groups in total. The summed E-state index contributed by atoms with van der Waals surface area (Å²) in [6, 6.07) is 4.75. The van der Waals surface area contributed by atoms with Crippen LogP contribution < -0.4 is 5.32 Å². The van der Waals surface area contributed by atoms with E-state index in [1.165, 1.54) is 11.6 Å². The van der Waals surface area contributed by atoms with Gasteiger partial charge in [0.2, 0.25) is 11.8 Å². The van der Waals surface area contributed by atoms with E-state index < -0.39 is 0 Å². The zero-order valence-electron chi connectivity index (χ0n) is 12.2. The van der Waals surface area contributed by atoms with Crippen molar-refractivity contribution in [1.29, 1.82) is 0 Å². The second-order valence-electron chi connectivity index (χ2n) is 6.17. The summed E-state index contributed by atoms with van der Waals surface area (Å²) in [6.07, 6.45) is 4.00. The quantitative estimate of drug-likeness (QED) is 0.810. The first-order valence-corrected chi connectivity index (χ1v) is 7.75. The van der Waals surface area contributed by atoms with Gasteiger partial charge in [0.1, 0.15) is 11.9 Å². The van der Waals surface area contributed by atoms with Gasteiger partial charge < -0.3 is 4.90 Å². The number of carbonyl (C=O) groups excluding carboxylic acids is 2. The molecule has 114 valence electrons. The van der Waals surface area contributed by atoms with Crippen LogP contribution in [0.25, 0.3) is 5.70 Å². The van der Waals surface area contributed by atoms with E-state index in [0.717, 1.165) is 30.5 Å². The average molecular weight is 300 g/mol. The molecule has 5 heteroatoms. The molecular weight excluding hydrogens is 283 g/mol. The number of halogens is 1. The molecule has 0 bridgehead atoms. The number of benzene rings is 1. The van der Waals surface area contributed by atoms with Gasteiger partial charge in [0, 0.05) is 29.8 Å². The molecule has 1 aliphatic carbocycles. The maximum absolute atomic E-state index is 14.1. The van der Waals surface area contributed by atoms with E-state index in [4.69, 9.17) is 0 Å². The van der Waals surface area contributed by atoms with Gasteiger partial charge in [-0.2, -0.15) is 0 Å². The Labute approximate surface area is 128 Å². The molecule has 4 rings (SSSR count). The molecule has 2 fully saturated rings. The van der Waals surface area contributed by atoms with Gasteiger partial charge in [0.05, 0.1) is 0 Å². The molecule has 0 spiro atoms. The van der Waals surface area contributed by atoms with Crippen LogP contribution in [0.1, 0.15) is 43.2 Å². The van der Waals surface area contributed by atoms with Crippen LogP contribution in [-0.4, -0.2) is 22.8 Å². The summed E-state index contributed by atoms with van der Waals surface area (Å²) in [5, 5.41) is 2.41. The van der Waals surface area contributed by atoms with Crippen molar-refractivity contribution in [2.45, 2.75) is 44.7 Å². The van der Waals surface area contributed by atoms with E-state index in [2.05, 4.69) is 5.32 Å². The Hall–Kier alpha value is -2.17. The van der Waals surface area contributed by atoms with Crippen LogP contribution >= 0.6 is 0 Å². The largest absolute Gasteiger partial charge is 0.355 e. The number of piperidine rings is 1. The van der Waals surface area contributed by atoms with Gasteiger partial charge in [-0.05, 0) is 37.3 Å². The molecule has 1 atom stereocenters.